The number of benzene rings is 2. The Morgan fingerprint density at radius 3 is 2.00 bits per heavy atom. The quantitative estimate of drug-likeness (QED) is 0.885. The predicted molar refractivity (Wildman–Crippen MR) is 81.7 cm³/mol. The molecule has 0 bridgehead atoms. The summed E-state index contributed by atoms with van der Waals surface area (Å²) in [5.41, 5.74) is -6.09. The molecule has 5 nitrogen and oxygen atoms in total. The van der Waals surface area contributed by atoms with Gasteiger partial charge in [-0.2, -0.15) is 21.6 Å². The van der Waals surface area contributed by atoms with E-state index in [9.17, 15) is 30.0 Å². The topological polar surface area (TPSA) is 80.3 Å². The highest BCUT2D eigenvalue weighted by atomic mass is 32.2. The van der Waals surface area contributed by atoms with Crippen molar-refractivity contribution in [3.8, 4) is 0 Å². The largest absolute Gasteiger partial charge is 0.516 e. The van der Waals surface area contributed by atoms with Crippen LogP contribution >= 0.6 is 0 Å². The lowest BCUT2D eigenvalue weighted by atomic mass is 10.2. The maximum Gasteiger partial charge on any atom is 0.516 e. The van der Waals surface area contributed by atoms with Gasteiger partial charge in [0, 0.05) is 0 Å². The van der Waals surface area contributed by atoms with Crippen LogP contribution in [0.4, 0.5) is 18.9 Å². The molecule has 0 radical (unpaired) electrons. The summed E-state index contributed by atoms with van der Waals surface area (Å²) in [7, 11) is -9.64. The molecule has 0 aromatic heterocycles. The summed E-state index contributed by atoms with van der Waals surface area (Å²) in [6.07, 6.45) is 0. The maximum absolute atomic E-state index is 12.6. The van der Waals surface area contributed by atoms with Gasteiger partial charge >= 0.3 is 15.5 Å². The van der Waals surface area contributed by atoms with E-state index in [1.807, 2.05) is 0 Å². The van der Waals surface area contributed by atoms with Crippen molar-refractivity contribution in [2.24, 2.45) is 0 Å². The van der Waals surface area contributed by atoms with Crippen molar-refractivity contribution in [3.63, 3.8) is 0 Å². The first-order valence-electron chi connectivity index (χ1n) is 6.45. The minimum absolute atomic E-state index is 0.0519. The molecule has 2 aromatic rings. The molecule has 0 aliphatic carbocycles. The van der Waals surface area contributed by atoms with Crippen LogP contribution in [0, 0.1) is 6.92 Å². The van der Waals surface area contributed by atoms with Crippen LogP contribution in [0.15, 0.2) is 58.3 Å². The summed E-state index contributed by atoms with van der Waals surface area (Å²) in [6.45, 7) is 1.23. The van der Waals surface area contributed by atoms with Crippen LogP contribution in [-0.2, 0) is 19.9 Å². The van der Waals surface area contributed by atoms with Crippen LogP contribution in [0.25, 0.3) is 0 Å². The van der Waals surface area contributed by atoms with Crippen LogP contribution in [-0.4, -0.2) is 22.3 Å². The number of sulfonamides is 1. The first-order chi connectivity index (χ1) is 11.0. The minimum atomic E-state index is -5.64. The van der Waals surface area contributed by atoms with Gasteiger partial charge in [-0.1, -0.05) is 24.3 Å². The molecule has 0 unspecified atom stereocenters. The molecule has 0 amide bonds. The second kappa shape index (κ2) is 6.10. The normalized spacial score (nSPS) is 12.8. The summed E-state index contributed by atoms with van der Waals surface area (Å²) in [5, 5.41) is 0. The van der Waals surface area contributed by atoms with E-state index in [-0.39, 0.29) is 15.4 Å². The third-order valence-corrected chi connectivity index (χ3v) is 6.19. The van der Waals surface area contributed by atoms with Crippen molar-refractivity contribution in [2.45, 2.75) is 22.2 Å². The average Bonchev–Trinajstić information content (AvgIpc) is 2.49. The number of sulfone groups is 1. The highest BCUT2D eigenvalue weighted by Crippen LogP contribution is 2.31. The van der Waals surface area contributed by atoms with Crippen molar-refractivity contribution in [3.05, 3.63) is 54.1 Å². The second-order valence-corrected chi connectivity index (χ2v) is 8.39. The van der Waals surface area contributed by atoms with E-state index in [0.29, 0.717) is 0 Å². The highest BCUT2D eigenvalue weighted by molar-refractivity contribution is 7.93. The third-order valence-electron chi connectivity index (χ3n) is 3.18. The summed E-state index contributed by atoms with van der Waals surface area (Å²) in [5.74, 6) is 0. The van der Waals surface area contributed by atoms with Gasteiger partial charge in [0.15, 0.2) is 0 Å². The molecule has 130 valence electrons. The van der Waals surface area contributed by atoms with E-state index in [1.165, 1.54) is 42.0 Å². The molecule has 0 spiro atoms. The number of hydrogen-bond donors (Lipinski definition) is 1. The Morgan fingerprint density at radius 1 is 0.875 bits per heavy atom. The zero-order valence-electron chi connectivity index (χ0n) is 12.2. The average molecular weight is 379 g/mol. The number of alkyl halides is 3. The lowest BCUT2D eigenvalue weighted by Gasteiger charge is -2.15. The van der Waals surface area contributed by atoms with Crippen LogP contribution in [0.2, 0.25) is 0 Å². The maximum atomic E-state index is 12.6. The number of anilines is 1. The van der Waals surface area contributed by atoms with Gasteiger partial charge in [-0.05, 0) is 36.8 Å². The number of hydrogen-bond acceptors (Lipinski definition) is 4. The Balaban J connectivity index is 2.54. The fourth-order valence-electron chi connectivity index (χ4n) is 1.95. The highest BCUT2D eigenvalue weighted by Gasteiger charge is 2.46. The first kappa shape index (κ1) is 18.3. The molecule has 0 heterocycles. The Bertz CT molecular complexity index is 953. The monoisotopic (exact) mass is 379 g/mol. The molecule has 0 saturated heterocycles. The summed E-state index contributed by atoms with van der Waals surface area (Å²) in [6, 6.07) is 10.7. The van der Waals surface area contributed by atoms with E-state index in [2.05, 4.69) is 0 Å². The lowest BCUT2D eigenvalue weighted by molar-refractivity contribution is -0.0429. The Labute approximate surface area is 137 Å². The molecule has 1 N–H and O–H groups in total. The fourth-order valence-corrected chi connectivity index (χ4v) is 4.11. The number of rotatable bonds is 4. The predicted octanol–water partition coefficient (Wildman–Crippen LogP) is 3.09. The molecule has 0 saturated carbocycles. The van der Waals surface area contributed by atoms with Gasteiger partial charge in [0.05, 0.1) is 15.5 Å². The van der Waals surface area contributed by atoms with Crippen LogP contribution in [0.1, 0.15) is 5.56 Å². The zero-order chi connectivity index (χ0) is 18.2. The van der Waals surface area contributed by atoms with Gasteiger partial charge in [-0.15, -0.1) is 0 Å². The molecule has 0 aliphatic heterocycles. The number of nitrogens with one attached hydrogen (secondary N) is 1. The third kappa shape index (κ3) is 3.39. The Hall–Kier alpha value is -2.07. The first-order valence-corrected chi connectivity index (χ1v) is 9.42. The van der Waals surface area contributed by atoms with Gasteiger partial charge in [0.2, 0.25) is 9.84 Å². The van der Waals surface area contributed by atoms with Crippen LogP contribution in [0.3, 0.4) is 0 Å². The van der Waals surface area contributed by atoms with E-state index in [1.54, 1.807) is 6.07 Å². The lowest BCUT2D eigenvalue weighted by Crippen LogP contribution is -2.30. The van der Waals surface area contributed by atoms with Gasteiger partial charge in [0.1, 0.15) is 0 Å². The smallest absolute Gasteiger partial charge is 0.276 e. The molecule has 0 atom stereocenters. The molecular formula is C14H12F3NO4S2. The van der Waals surface area contributed by atoms with Crippen LogP contribution < -0.4 is 4.72 Å². The Kier molecular flexibility index (Phi) is 4.64. The van der Waals surface area contributed by atoms with Crippen molar-refractivity contribution in [1.82, 2.24) is 0 Å². The molecule has 0 aliphatic rings. The second-order valence-electron chi connectivity index (χ2n) is 4.80. The van der Waals surface area contributed by atoms with Crippen LogP contribution in [0.5, 0.6) is 0 Å². The summed E-state index contributed by atoms with van der Waals surface area (Å²) < 4.78 is 86.4. The van der Waals surface area contributed by atoms with Crippen molar-refractivity contribution >= 4 is 25.5 Å². The summed E-state index contributed by atoms with van der Waals surface area (Å²) in [4.78, 5) is -0.333. The molecule has 2 rings (SSSR count). The van der Waals surface area contributed by atoms with E-state index in [0.717, 1.165) is 12.1 Å². The van der Waals surface area contributed by atoms with E-state index < -0.39 is 31.1 Å². The van der Waals surface area contributed by atoms with Crippen molar-refractivity contribution < 1.29 is 30.0 Å². The molecule has 0 fully saturated rings. The molecular weight excluding hydrogens is 367 g/mol. The zero-order valence-corrected chi connectivity index (χ0v) is 13.8. The van der Waals surface area contributed by atoms with Crippen molar-refractivity contribution in [2.75, 3.05) is 4.72 Å². The summed E-state index contributed by atoms with van der Waals surface area (Å²) >= 11 is 0. The van der Waals surface area contributed by atoms with Gasteiger partial charge in [-0.25, -0.2) is 8.42 Å². The van der Waals surface area contributed by atoms with E-state index >= 15 is 0 Å². The van der Waals surface area contributed by atoms with Gasteiger partial charge in [-0.3, -0.25) is 4.72 Å². The Morgan fingerprint density at radius 2 is 1.46 bits per heavy atom. The molecule has 2 aromatic carbocycles. The van der Waals surface area contributed by atoms with E-state index in [4.69, 9.17) is 0 Å². The SMILES string of the molecule is Cc1c(NS(=O)(=O)C(F)(F)F)cccc1S(=O)(=O)c1ccccc1. The van der Waals surface area contributed by atoms with Gasteiger partial charge in [0.25, 0.3) is 0 Å². The number of halogens is 3. The standard InChI is InChI=1S/C14H12F3NO4S2/c1-10-12(18-24(21,22)14(15,16)17)8-5-9-13(10)23(19,20)11-6-3-2-4-7-11/h2-9,18H,1H3. The fraction of sp³-hybridized carbons (Fsp3) is 0.143. The molecule has 10 heteroatoms. The minimum Gasteiger partial charge on any atom is -0.276 e. The van der Waals surface area contributed by atoms with Crippen molar-refractivity contribution in [1.29, 1.82) is 0 Å². The van der Waals surface area contributed by atoms with Gasteiger partial charge < -0.3 is 0 Å². The molecule has 24 heavy (non-hydrogen) atoms.